The second-order valence-corrected chi connectivity index (χ2v) is 7.29. The average molecular weight is 394 g/mol. The summed E-state index contributed by atoms with van der Waals surface area (Å²) in [7, 11) is 0. The van der Waals surface area contributed by atoms with Crippen LogP contribution in [0.25, 0.3) is 0 Å². The fraction of sp³-hybridized carbons (Fsp3) is 0.375. The second-order valence-electron chi connectivity index (χ2n) is 7.29. The van der Waals surface area contributed by atoms with Gasteiger partial charge in [-0.2, -0.15) is 0 Å². The lowest BCUT2D eigenvalue weighted by Gasteiger charge is -2.27. The molecule has 2 aromatic rings. The van der Waals surface area contributed by atoms with Gasteiger partial charge in [0.25, 0.3) is 0 Å². The molecule has 0 atom stereocenters. The third-order valence-corrected chi connectivity index (χ3v) is 5.20. The van der Waals surface area contributed by atoms with Crippen molar-refractivity contribution in [3.05, 3.63) is 83.9 Å². The Hall–Kier alpha value is -2.63. The van der Waals surface area contributed by atoms with Crippen molar-refractivity contribution in [2.75, 3.05) is 39.4 Å². The molecule has 5 heteroatoms. The summed E-state index contributed by atoms with van der Waals surface area (Å²) >= 11 is 0. The van der Waals surface area contributed by atoms with Crippen LogP contribution >= 0.6 is 0 Å². The summed E-state index contributed by atoms with van der Waals surface area (Å²) in [5, 5.41) is 3.09. The van der Waals surface area contributed by atoms with Crippen LogP contribution in [0, 0.1) is 0 Å². The van der Waals surface area contributed by atoms with Crippen molar-refractivity contribution in [1.29, 1.82) is 0 Å². The molecular formula is C24H31N3O2. The van der Waals surface area contributed by atoms with E-state index in [-0.39, 0.29) is 6.03 Å². The highest BCUT2D eigenvalue weighted by Gasteiger charge is 2.15. The Kier molecular flexibility index (Phi) is 8.28. The number of carbonyl (C=O) groups is 1. The van der Waals surface area contributed by atoms with Crippen LogP contribution in [0.3, 0.4) is 0 Å². The summed E-state index contributed by atoms with van der Waals surface area (Å²) in [6, 6.07) is 18.5. The number of rotatable bonds is 9. The number of benzene rings is 2. The van der Waals surface area contributed by atoms with E-state index in [0.29, 0.717) is 19.6 Å². The van der Waals surface area contributed by atoms with Gasteiger partial charge in [0.2, 0.25) is 0 Å². The summed E-state index contributed by atoms with van der Waals surface area (Å²) < 4.78 is 5.44. The first-order valence-corrected chi connectivity index (χ1v) is 10.3. The molecule has 5 nitrogen and oxygen atoms in total. The molecule has 0 saturated carbocycles. The second kappa shape index (κ2) is 11.4. The Morgan fingerprint density at radius 1 is 1.07 bits per heavy atom. The standard InChI is InChI=1S/C24H31N3O2/c1-2-13-27(14-12-21-8-4-3-5-9-21)24(28)25-19-22-10-6-7-11-23(22)20-26-15-17-29-18-16-26/h2-11H,1,12-20H2,(H,25,28). The van der Waals surface area contributed by atoms with Crippen molar-refractivity contribution < 1.29 is 9.53 Å². The topological polar surface area (TPSA) is 44.8 Å². The molecule has 0 radical (unpaired) electrons. The average Bonchev–Trinajstić information content (AvgIpc) is 2.77. The van der Waals surface area contributed by atoms with E-state index >= 15 is 0 Å². The summed E-state index contributed by atoms with van der Waals surface area (Å²) in [4.78, 5) is 17.0. The molecular weight excluding hydrogens is 362 g/mol. The predicted octanol–water partition coefficient (Wildman–Crippen LogP) is 3.46. The van der Waals surface area contributed by atoms with Gasteiger partial charge >= 0.3 is 6.03 Å². The summed E-state index contributed by atoms with van der Waals surface area (Å²) in [5.41, 5.74) is 3.65. The fourth-order valence-corrected chi connectivity index (χ4v) is 3.51. The van der Waals surface area contributed by atoms with Crippen molar-refractivity contribution in [3.8, 4) is 0 Å². The van der Waals surface area contributed by atoms with Crippen LogP contribution in [-0.2, 0) is 24.2 Å². The maximum atomic E-state index is 12.8. The third kappa shape index (κ3) is 6.73. The molecule has 1 aliphatic rings. The molecule has 0 bridgehead atoms. The number of nitrogens with zero attached hydrogens (tertiary/aromatic N) is 2. The van der Waals surface area contributed by atoms with Gasteiger partial charge in [-0.3, -0.25) is 4.90 Å². The van der Waals surface area contributed by atoms with E-state index in [1.54, 1.807) is 6.08 Å². The van der Waals surface area contributed by atoms with Crippen LogP contribution in [0.2, 0.25) is 0 Å². The first-order valence-electron chi connectivity index (χ1n) is 10.3. The minimum atomic E-state index is -0.0537. The molecule has 0 aliphatic carbocycles. The lowest BCUT2D eigenvalue weighted by molar-refractivity contribution is 0.0341. The van der Waals surface area contributed by atoms with E-state index in [1.165, 1.54) is 11.1 Å². The normalized spacial score (nSPS) is 14.3. The first kappa shape index (κ1) is 21.1. The Morgan fingerprint density at radius 3 is 2.48 bits per heavy atom. The number of nitrogens with one attached hydrogen (secondary N) is 1. The number of carbonyl (C=O) groups excluding carboxylic acids is 1. The third-order valence-electron chi connectivity index (χ3n) is 5.20. The number of urea groups is 1. The van der Waals surface area contributed by atoms with Crippen LogP contribution in [0.15, 0.2) is 67.3 Å². The summed E-state index contributed by atoms with van der Waals surface area (Å²) in [6.07, 6.45) is 2.60. The zero-order valence-electron chi connectivity index (χ0n) is 17.1. The minimum absolute atomic E-state index is 0.0537. The van der Waals surface area contributed by atoms with E-state index in [0.717, 1.165) is 44.8 Å². The summed E-state index contributed by atoms with van der Waals surface area (Å²) in [5.74, 6) is 0. The van der Waals surface area contributed by atoms with E-state index in [9.17, 15) is 4.79 Å². The predicted molar refractivity (Wildman–Crippen MR) is 117 cm³/mol. The van der Waals surface area contributed by atoms with Crippen LogP contribution < -0.4 is 5.32 Å². The van der Waals surface area contributed by atoms with Crippen LogP contribution in [0.4, 0.5) is 4.79 Å². The van der Waals surface area contributed by atoms with Gasteiger partial charge in [0.05, 0.1) is 13.2 Å². The largest absolute Gasteiger partial charge is 0.379 e. The molecule has 1 N–H and O–H groups in total. The highest BCUT2D eigenvalue weighted by molar-refractivity contribution is 5.74. The van der Waals surface area contributed by atoms with E-state index in [4.69, 9.17) is 4.74 Å². The molecule has 2 amide bonds. The zero-order valence-corrected chi connectivity index (χ0v) is 17.1. The lowest BCUT2D eigenvalue weighted by Crippen LogP contribution is -2.41. The Labute approximate surface area is 174 Å². The molecule has 2 aromatic carbocycles. The molecule has 0 aromatic heterocycles. The van der Waals surface area contributed by atoms with Gasteiger partial charge in [0.1, 0.15) is 0 Å². The molecule has 1 aliphatic heterocycles. The molecule has 1 saturated heterocycles. The molecule has 29 heavy (non-hydrogen) atoms. The number of hydrogen-bond acceptors (Lipinski definition) is 3. The first-order chi connectivity index (χ1) is 14.3. The zero-order chi connectivity index (χ0) is 20.3. The van der Waals surface area contributed by atoms with Gasteiger partial charge in [-0.25, -0.2) is 4.79 Å². The molecule has 0 unspecified atom stereocenters. The Balaban J connectivity index is 1.55. The monoisotopic (exact) mass is 393 g/mol. The number of amides is 2. The Morgan fingerprint density at radius 2 is 1.76 bits per heavy atom. The van der Waals surface area contributed by atoms with Crippen molar-refractivity contribution in [3.63, 3.8) is 0 Å². The molecule has 154 valence electrons. The lowest BCUT2D eigenvalue weighted by atomic mass is 10.1. The van der Waals surface area contributed by atoms with Crippen molar-refractivity contribution in [1.82, 2.24) is 15.1 Å². The van der Waals surface area contributed by atoms with Crippen LogP contribution in [-0.4, -0.2) is 55.2 Å². The van der Waals surface area contributed by atoms with E-state index in [2.05, 4.69) is 47.1 Å². The minimum Gasteiger partial charge on any atom is -0.379 e. The van der Waals surface area contributed by atoms with Crippen LogP contribution in [0.1, 0.15) is 16.7 Å². The van der Waals surface area contributed by atoms with Crippen LogP contribution in [0.5, 0.6) is 0 Å². The highest BCUT2D eigenvalue weighted by Crippen LogP contribution is 2.13. The maximum Gasteiger partial charge on any atom is 0.317 e. The van der Waals surface area contributed by atoms with Crippen molar-refractivity contribution in [2.45, 2.75) is 19.5 Å². The van der Waals surface area contributed by atoms with Gasteiger partial charge < -0.3 is 15.0 Å². The maximum absolute atomic E-state index is 12.8. The number of ether oxygens (including phenoxy) is 1. The summed E-state index contributed by atoms with van der Waals surface area (Å²) in [6.45, 7) is 9.89. The molecule has 1 heterocycles. The molecule has 3 rings (SSSR count). The number of morpholine rings is 1. The molecule has 0 spiro atoms. The van der Waals surface area contributed by atoms with Crippen molar-refractivity contribution >= 4 is 6.03 Å². The van der Waals surface area contributed by atoms with Gasteiger partial charge in [0, 0.05) is 39.3 Å². The van der Waals surface area contributed by atoms with E-state index < -0.39 is 0 Å². The molecule has 1 fully saturated rings. The van der Waals surface area contributed by atoms with Gasteiger partial charge in [-0.15, -0.1) is 6.58 Å². The SMILES string of the molecule is C=CCN(CCc1ccccc1)C(=O)NCc1ccccc1CN1CCOCC1. The Bertz CT molecular complexity index is 773. The number of hydrogen-bond donors (Lipinski definition) is 1. The smallest absolute Gasteiger partial charge is 0.317 e. The highest BCUT2D eigenvalue weighted by atomic mass is 16.5. The van der Waals surface area contributed by atoms with E-state index in [1.807, 2.05) is 29.2 Å². The van der Waals surface area contributed by atoms with Gasteiger partial charge in [0.15, 0.2) is 0 Å². The van der Waals surface area contributed by atoms with Gasteiger partial charge in [-0.05, 0) is 23.1 Å². The fourth-order valence-electron chi connectivity index (χ4n) is 3.51. The van der Waals surface area contributed by atoms with Gasteiger partial charge in [-0.1, -0.05) is 60.7 Å². The van der Waals surface area contributed by atoms with Crippen molar-refractivity contribution in [2.24, 2.45) is 0 Å². The quantitative estimate of drug-likeness (QED) is 0.664.